The Hall–Kier alpha value is -0.950. The zero-order chi connectivity index (χ0) is 15.4. The molecule has 5 nitrogen and oxygen atoms in total. The minimum absolute atomic E-state index is 0.281. The summed E-state index contributed by atoms with van der Waals surface area (Å²) in [6.45, 7) is 6.05. The average molecular weight is 301 g/mol. The fourth-order valence-corrected chi connectivity index (χ4v) is 2.55. The molecule has 1 aromatic rings. The lowest BCUT2D eigenvalue weighted by Crippen LogP contribution is -2.45. The van der Waals surface area contributed by atoms with E-state index >= 15 is 0 Å². The summed E-state index contributed by atoms with van der Waals surface area (Å²) in [4.78, 5) is 0. The number of rotatable bonds is 7. The van der Waals surface area contributed by atoms with Crippen molar-refractivity contribution in [3.8, 4) is 0 Å². The van der Waals surface area contributed by atoms with Crippen LogP contribution in [-0.2, 0) is 10.1 Å². The van der Waals surface area contributed by atoms with E-state index in [9.17, 15) is 13.5 Å². The Morgan fingerprint density at radius 2 is 1.90 bits per heavy atom. The number of hydrogen-bond donors (Lipinski definition) is 3. The highest BCUT2D eigenvalue weighted by Gasteiger charge is 2.29. The first-order valence-electron chi connectivity index (χ1n) is 6.57. The van der Waals surface area contributed by atoms with Gasteiger partial charge in [-0.15, -0.1) is 0 Å². The first kappa shape index (κ1) is 17.1. The molecule has 0 aliphatic heterocycles. The fraction of sp³-hybridized carbons (Fsp3) is 0.571. The number of aliphatic hydroxyl groups is 1. The molecule has 1 unspecified atom stereocenters. The lowest BCUT2D eigenvalue weighted by atomic mass is 9.89. The van der Waals surface area contributed by atoms with Gasteiger partial charge in [0.1, 0.15) is 0 Å². The van der Waals surface area contributed by atoms with Crippen LogP contribution in [0.3, 0.4) is 0 Å². The lowest BCUT2D eigenvalue weighted by molar-refractivity contribution is 0.0800. The Morgan fingerprint density at radius 3 is 2.45 bits per heavy atom. The summed E-state index contributed by atoms with van der Waals surface area (Å²) >= 11 is 0. The van der Waals surface area contributed by atoms with E-state index in [0.29, 0.717) is 13.0 Å². The monoisotopic (exact) mass is 301 g/mol. The third-order valence-corrected chi connectivity index (χ3v) is 4.13. The van der Waals surface area contributed by atoms with Crippen LogP contribution >= 0.6 is 0 Å². The molecule has 0 aliphatic carbocycles. The van der Waals surface area contributed by atoms with E-state index in [1.54, 1.807) is 0 Å². The zero-order valence-electron chi connectivity index (χ0n) is 12.1. The molecule has 0 aromatic heterocycles. The van der Waals surface area contributed by atoms with Gasteiger partial charge in [0, 0.05) is 5.54 Å². The summed E-state index contributed by atoms with van der Waals surface area (Å²) in [5, 5.41) is 13.6. The maximum Gasteiger partial charge on any atom is 0.264 e. The van der Waals surface area contributed by atoms with E-state index < -0.39 is 21.8 Å². The molecule has 0 bridgehead atoms. The summed E-state index contributed by atoms with van der Waals surface area (Å²) in [5.74, 6) is -0.281. The lowest BCUT2D eigenvalue weighted by Gasteiger charge is -2.33. The minimum Gasteiger partial charge on any atom is -0.386 e. The van der Waals surface area contributed by atoms with Crippen molar-refractivity contribution in [2.24, 2.45) is 0 Å². The molecule has 1 atom stereocenters. The van der Waals surface area contributed by atoms with Gasteiger partial charge in [0.2, 0.25) is 0 Å². The Morgan fingerprint density at radius 1 is 1.30 bits per heavy atom. The van der Waals surface area contributed by atoms with E-state index in [1.165, 1.54) is 0 Å². The summed E-state index contributed by atoms with van der Waals surface area (Å²) in [6.07, 6.45) is -0.405. The SMILES string of the molecule is Cc1ccccc1C(O)C(C)(C)NCCCS(=O)(=O)O. The van der Waals surface area contributed by atoms with Crippen LogP contribution in [0.4, 0.5) is 0 Å². The van der Waals surface area contributed by atoms with Crippen LogP contribution in [0.25, 0.3) is 0 Å². The van der Waals surface area contributed by atoms with E-state index in [4.69, 9.17) is 4.55 Å². The van der Waals surface area contributed by atoms with Crippen molar-refractivity contribution >= 4 is 10.1 Å². The molecular weight excluding hydrogens is 278 g/mol. The van der Waals surface area contributed by atoms with Gasteiger partial charge in [0.05, 0.1) is 11.9 Å². The van der Waals surface area contributed by atoms with Gasteiger partial charge in [-0.3, -0.25) is 4.55 Å². The summed E-state index contributed by atoms with van der Waals surface area (Å²) in [6, 6.07) is 7.60. The molecule has 0 aliphatic rings. The van der Waals surface area contributed by atoms with Crippen LogP contribution in [0.15, 0.2) is 24.3 Å². The molecule has 0 heterocycles. The molecular formula is C14H23NO4S. The number of benzene rings is 1. The third kappa shape index (κ3) is 5.20. The number of nitrogens with one attached hydrogen (secondary N) is 1. The molecule has 6 heteroatoms. The molecule has 20 heavy (non-hydrogen) atoms. The number of aliphatic hydroxyl groups excluding tert-OH is 1. The average Bonchev–Trinajstić information content (AvgIpc) is 2.33. The highest BCUT2D eigenvalue weighted by atomic mass is 32.2. The second-order valence-electron chi connectivity index (χ2n) is 5.55. The van der Waals surface area contributed by atoms with Gasteiger partial charge in [0.25, 0.3) is 10.1 Å². The van der Waals surface area contributed by atoms with Crippen molar-refractivity contribution in [1.29, 1.82) is 0 Å². The largest absolute Gasteiger partial charge is 0.386 e. The summed E-state index contributed by atoms with van der Waals surface area (Å²) in [5.41, 5.74) is 1.26. The van der Waals surface area contributed by atoms with Crippen LogP contribution in [0.5, 0.6) is 0 Å². The van der Waals surface area contributed by atoms with Crippen molar-refractivity contribution in [1.82, 2.24) is 5.32 Å². The van der Waals surface area contributed by atoms with Gasteiger partial charge in [-0.25, -0.2) is 0 Å². The van der Waals surface area contributed by atoms with Gasteiger partial charge in [-0.05, 0) is 44.9 Å². The number of aryl methyl sites for hydroxylation is 1. The Balaban J connectivity index is 2.62. The van der Waals surface area contributed by atoms with Crippen molar-refractivity contribution in [3.63, 3.8) is 0 Å². The van der Waals surface area contributed by atoms with E-state index in [2.05, 4.69) is 5.32 Å². The summed E-state index contributed by atoms with van der Waals surface area (Å²) in [7, 11) is -3.92. The normalized spacial score (nSPS) is 14.2. The van der Waals surface area contributed by atoms with Gasteiger partial charge in [0.15, 0.2) is 0 Å². The fourth-order valence-electron chi connectivity index (χ4n) is 2.04. The minimum atomic E-state index is -3.92. The smallest absolute Gasteiger partial charge is 0.264 e. The van der Waals surface area contributed by atoms with Crippen LogP contribution < -0.4 is 5.32 Å². The maximum absolute atomic E-state index is 10.6. The molecule has 0 saturated carbocycles. The van der Waals surface area contributed by atoms with Gasteiger partial charge in [-0.1, -0.05) is 24.3 Å². The van der Waals surface area contributed by atoms with Gasteiger partial charge >= 0.3 is 0 Å². The maximum atomic E-state index is 10.6. The highest BCUT2D eigenvalue weighted by molar-refractivity contribution is 7.85. The zero-order valence-corrected chi connectivity index (χ0v) is 12.9. The van der Waals surface area contributed by atoms with Crippen molar-refractivity contribution in [3.05, 3.63) is 35.4 Å². The topological polar surface area (TPSA) is 86.6 Å². The highest BCUT2D eigenvalue weighted by Crippen LogP contribution is 2.27. The molecule has 1 rings (SSSR count). The predicted octanol–water partition coefficient (Wildman–Crippen LogP) is 1.67. The predicted molar refractivity (Wildman–Crippen MR) is 79.3 cm³/mol. The van der Waals surface area contributed by atoms with Crippen molar-refractivity contribution in [2.75, 3.05) is 12.3 Å². The van der Waals surface area contributed by atoms with Crippen molar-refractivity contribution < 1.29 is 18.1 Å². The molecule has 0 fully saturated rings. The second-order valence-corrected chi connectivity index (χ2v) is 7.12. The molecule has 3 N–H and O–H groups in total. The van der Waals surface area contributed by atoms with E-state index in [0.717, 1.165) is 11.1 Å². The van der Waals surface area contributed by atoms with Crippen LogP contribution in [0, 0.1) is 6.92 Å². The van der Waals surface area contributed by atoms with E-state index in [-0.39, 0.29) is 5.75 Å². The summed E-state index contributed by atoms with van der Waals surface area (Å²) < 4.78 is 29.9. The number of hydrogen-bond acceptors (Lipinski definition) is 4. The quantitative estimate of drug-likeness (QED) is 0.527. The molecule has 1 aromatic carbocycles. The molecule has 0 saturated heterocycles. The van der Waals surface area contributed by atoms with Crippen LogP contribution in [-0.4, -0.2) is 35.9 Å². The Kier molecular flexibility index (Phi) is 5.70. The van der Waals surface area contributed by atoms with E-state index in [1.807, 2.05) is 45.0 Å². The van der Waals surface area contributed by atoms with Crippen LogP contribution in [0.2, 0.25) is 0 Å². The molecule has 114 valence electrons. The van der Waals surface area contributed by atoms with Gasteiger partial charge in [-0.2, -0.15) is 8.42 Å². The molecule has 0 amide bonds. The Labute approximate surface area is 120 Å². The van der Waals surface area contributed by atoms with Gasteiger partial charge < -0.3 is 10.4 Å². The van der Waals surface area contributed by atoms with Crippen molar-refractivity contribution in [2.45, 2.75) is 38.8 Å². The first-order chi connectivity index (χ1) is 9.13. The Bertz CT molecular complexity index is 540. The molecule has 0 spiro atoms. The van der Waals surface area contributed by atoms with Crippen LogP contribution in [0.1, 0.15) is 37.5 Å². The standard InChI is InChI=1S/C14H23NO4S/c1-11-7-4-5-8-12(11)13(16)14(2,3)15-9-6-10-20(17,18)19/h4-5,7-8,13,15-16H,6,9-10H2,1-3H3,(H,17,18,19). The second kappa shape index (κ2) is 6.67. The first-order valence-corrected chi connectivity index (χ1v) is 8.18. The third-order valence-electron chi connectivity index (χ3n) is 3.33. The molecule has 0 radical (unpaired) electrons.